The van der Waals surface area contributed by atoms with Crippen LogP contribution in [0, 0.1) is 0 Å². The SMILES string of the molecule is CCn1c(S[C@H](C)C(=O)Nc2ccccc2Cl)nnc1-c1ccncc1. The minimum atomic E-state index is -0.355. The number of nitrogens with zero attached hydrogens (tertiary/aromatic N) is 4. The van der Waals surface area contributed by atoms with E-state index in [0.29, 0.717) is 22.4 Å². The van der Waals surface area contributed by atoms with Crippen molar-refractivity contribution in [3.05, 3.63) is 53.8 Å². The van der Waals surface area contributed by atoms with Crippen molar-refractivity contribution in [3.63, 3.8) is 0 Å². The first-order valence-corrected chi connectivity index (χ1v) is 9.41. The molecule has 8 heteroatoms. The number of carbonyl (C=O) groups excluding carboxylic acids is 1. The lowest BCUT2D eigenvalue weighted by Gasteiger charge is -2.13. The second-order valence-electron chi connectivity index (χ2n) is 5.52. The Labute approximate surface area is 161 Å². The van der Waals surface area contributed by atoms with Gasteiger partial charge in [-0.2, -0.15) is 0 Å². The van der Waals surface area contributed by atoms with Gasteiger partial charge in [0.2, 0.25) is 5.91 Å². The fraction of sp³-hybridized carbons (Fsp3) is 0.222. The molecule has 2 heterocycles. The van der Waals surface area contributed by atoms with E-state index < -0.39 is 0 Å². The normalized spacial score (nSPS) is 12.0. The number of nitrogens with one attached hydrogen (secondary N) is 1. The van der Waals surface area contributed by atoms with Crippen LogP contribution < -0.4 is 5.32 Å². The van der Waals surface area contributed by atoms with E-state index in [1.165, 1.54) is 11.8 Å². The number of aromatic nitrogens is 4. The molecule has 2 aromatic heterocycles. The van der Waals surface area contributed by atoms with Gasteiger partial charge in [0.05, 0.1) is 16.0 Å². The van der Waals surface area contributed by atoms with Crippen molar-refractivity contribution in [3.8, 4) is 11.4 Å². The molecule has 0 radical (unpaired) electrons. The first-order valence-electron chi connectivity index (χ1n) is 8.15. The Balaban J connectivity index is 1.75. The molecule has 0 unspecified atom stereocenters. The predicted octanol–water partition coefficient (Wildman–Crippen LogP) is 4.13. The quantitative estimate of drug-likeness (QED) is 0.643. The van der Waals surface area contributed by atoms with Crippen LogP contribution in [0.2, 0.25) is 5.02 Å². The maximum atomic E-state index is 12.5. The molecule has 26 heavy (non-hydrogen) atoms. The molecule has 0 saturated carbocycles. The van der Waals surface area contributed by atoms with Crippen LogP contribution in [-0.2, 0) is 11.3 Å². The summed E-state index contributed by atoms with van der Waals surface area (Å²) in [4.78, 5) is 16.5. The molecule has 1 atom stereocenters. The second-order valence-corrected chi connectivity index (χ2v) is 7.23. The summed E-state index contributed by atoms with van der Waals surface area (Å²) in [6, 6.07) is 10.9. The number of para-hydroxylation sites is 1. The molecule has 0 bridgehead atoms. The van der Waals surface area contributed by atoms with Gasteiger partial charge in [0.25, 0.3) is 0 Å². The number of thioether (sulfide) groups is 1. The number of halogens is 1. The van der Waals surface area contributed by atoms with E-state index in [0.717, 1.165) is 11.4 Å². The number of rotatable bonds is 6. The van der Waals surface area contributed by atoms with E-state index in [2.05, 4.69) is 20.5 Å². The van der Waals surface area contributed by atoms with Crippen molar-refractivity contribution in [2.45, 2.75) is 30.8 Å². The van der Waals surface area contributed by atoms with Gasteiger partial charge < -0.3 is 9.88 Å². The fourth-order valence-electron chi connectivity index (χ4n) is 2.38. The molecule has 0 saturated heterocycles. The Kier molecular flexibility index (Phi) is 5.90. The van der Waals surface area contributed by atoms with Crippen molar-refractivity contribution in [2.75, 3.05) is 5.32 Å². The molecule has 1 N–H and O–H groups in total. The van der Waals surface area contributed by atoms with Crippen LogP contribution in [0.25, 0.3) is 11.4 Å². The second kappa shape index (κ2) is 8.33. The van der Waals surface area contributed by atoms with Crippen molar-refractivity contribution in [1.82, 2.24) is 19.7 Å². The molecule has 3 rings (SSSR count). The summed E-state index contributed by atoms with van der Waals surface area (Å²) in [5.74, 6) is 0.621. The molecule has 0 fully saturated rings. The third-order valence-corrected chi connectivity index (χ3v) is 5.16. The van der Waals surface area contributed by atoms with Crippen LogP contribution in [-0.4, -0.2) is 30.9 Å². The minimum absolute atomic E-state index is 0.140. The maximum Gasteiger partial charge on any atom is 0.237 e. The number of hydrogen-bond acceptors (Lipinski definition) is 5. The first kappa shape index (κ1) is 18.4. The van der Waals surface area contributed by atoms with E-state index in [-0.39, 0.29) is 11.2 Å². The Morgan fingerprint density at radius 2 is 1.96 bits per heavy atom. The molecule has 134 valence electrons. The highest BCUT2D eigenvalue weighted by Crippen LogP contribution is 2.28. The van der Waals surface area contributed by atoms with Gasteiger partial charge in [-0.15, -0.1) is 10.2 Å². The Bertz CT molecular complexity index is 900. The summed E-state index contributed by atoms with van der Waals surface area (Å²) in [5, 5.41) is 12.2. The molecule has 0 spiro atoms. The van der Waals surface area contributed by atoms with Gasteiger partial charge in [-0.1, -0.05) is 35.5 Å². The Morgan fingerprint density at radius 3 is 2.65 bits per heavy atom. The minimum Gasteiger partial charge on any atom is -0.324 e. The number of anilines is 1. The van der Waals surface area contributed by atoms with Crippen LogP contribution in [0.3, 0.4) is 0 Å². The Hall–Kier alpha value is -2.38. The molecule has 0 aliphatic carbocycles. The number of pyridine rings is 1. The largest absolute Gasteiger partial charge is 0.324 e. The molecule has 1 aromatic carbocycles. The van der Waals surface area contributed by atoms with E-state index in [1.807, 2.05) is 42.7 Å². The van der Waals surface area contributed by atoms with Crippen molar-refractivity contribution >= 4 is 35.0 Å². The number of carbonyl (C=O) groups is 1. The molecular formula is C18H18ClN5OS. The average molecular weight is 388 g/mol. The number of benzene rings is 1. The molecule has 0 aliphatic heterocycles. The maximum absolute atomic E-state index is 12.5. The molecule has 6 nitrogen and oxygen atoms in total. The van der Waals surface area contributed by atoms with Crippen LogP contribution in [0.5, 0.6) is 0 Å². The van der Waals surface area contributed by atoms with Crippen LogP contribution in [0.15, 0.2) is 53.9 Å². The monoisotopic (exact) mass is 387 g/mol. The van der Waals surface area contributed by atoms with Gasteiger partial charge in [0.15, 0.2) is 11.0 Å². The summed E-state index contributed by atoms with van der Waals surface area (Å²) in [6.45, 7) is 4.55. The van der Waals surface area contributed by atoms with Crippen LogP contribution in [0.1, 0.15) is 13.8 Å². The highest BCUT2D eigenvalue weighted by molar-refractivity contribution is 8.00. The molecule has 1 amide bonds. The topological polar surface area (TPSA) is 72.7 Å². The zero-order valence-electron chi connectivity index (χ0n) is 14.4. The fourth-order valence-corrected chi connectivity index (χ4v) is 3.48. The summed E-state index contributed by atoms with van der Waals surface area (Å²) < 4.78 is 1.99. The number of hydrogen-bond donors (Lipinski definition) is 1. The smallest absolute Gasteiger partial charge is 0.237 e. The third kappa shape index (κ3) is 4.05. The Morgan fingerprint density at radius 1 is 1.23 bits per heavy atom. The zero-order valence-corrected chi connectivity index (χ0v) is 16.0. The van der Waals surface area contributed by atoms with Crippen LogP contribution >= 0.6 is 23.4 Å². The average Bonchev–Trinajstić information content (AvgIpc) is 3.06. The van der Waals surface area contributed by atoms with Crippen molar-refractivity contribution in [2.24, 2.45) is 0 Å². The van der Waals surface area contributed by atoms with Gasteiger partial charge in [0.1, 0.15) is 0 Å². The highest BCUT2D eigenvalue weighted by atomic mass is 35.5. The summed E-state index contributed by atoms with van der Waals surface area (Å²) in [6.07, 6.45) is 3.44. The van der Waals surface area contributed by atoms with Crippen molar-refractivity contribution < 1.29 is 4.79 Å². The van der Waals surface area contributed by atoms with Crippen molar-refractivity contribution in [1.29, 1.82) is 0 Å². The van der Waals surface area contributed by atoms with Gasteiger partial charge in [-0.3, -0.25) is 9.78 Å². The third-order valence-electron chi connectivity index (χ3n) is 3.75. The molecule has 3 aromatic rings. The lowest BCUT2D eigenvalue weighted by Crippen LogP contribution is -2.23. The van der Waals surface area contributed by atoms with Gasteiger partial charge in [-0.05, 0) is 38.1 Å². The lowest BCUT2D eigenvalue weighted by molar-refractivity contribution is -0.115. The lowest BCUT2D eigenvalue weighted by atomic mass is 10.2. The van der Waals surface area contributed by atoms with Gasteiger partial charge >= 0.3 is 0 Å². The van der Waals surface area contributed by atoms with E-state index in [4.69, 9.17) is 11.6 Å². The van der Waals surface area contributed by atoms with Gasteiger partial charge in [0, 0.05) is 24.5 Å². The summed E-state index contributed by atoms with van der Waals surface area (Å²) >= 11 is 7.46. The van der Waals surface area contributed by atoms with E-state index in [1.54, 1.807) is 24.5 Å². The molecular weight excluding hydrogens is 370 g/mol. The number of amides is 1. The van der Waals surface area contributed by atoms with Gasteiger partial charge in [-0.25, -0.2) is 0 Å². The van der Waals surface area contributed by atoms with E-state index >= 15 is 0 Å². The van der Waals surface area contributed by atoms with Crippen LogP contribution in [0.4, 0.5) is 5.69 Å². The zero-order chi connectivity index (χ0) is 18.5. The predicted molar refractivity (Wildman–Crippen MR) is 104 cm³/mol. The summed E-state index contributed by atoms with van der Waals surface area (Å²) in [7, 11) is 0. The standard InChI is InChI=1S/C18H18ClN5OS/c1-3-24-16(13-8-10-20-11-9-13)22-23-18(24)26-12(2)17(25)21-15-7-5-4-6-14(15)19/h4-12H,3H2,1-2H3,(H,21,25)/t12-/m1/s1. The summed E-state index contributed by atoms with van der Waals surface area (Å²) in [5.41, 5.74) is 1.54. The van der Waals surface area contributed by atoms with E-state index in [9.17, 15) is 4.79 Å². The molecule has 0 aliphatic rings. The first-order chi connectivity index (χ1) is 12.6. The highest BCUT2D eigenvalue weighted by Gasteiger charge is 2.20.